The van der Waals surface area contributed by atoms with Crippen molar-refractivity contribution in [2.24, 2.45) is 10.4 Å². The van der Waals surface area contributed by atoms with Gasteiger partial charge in [0.25, 0.3) is 0 Å². The maximum Gasteiger partial charge on any atom is 0.174 e. The van der Waals surface area contributed by atoms with Crippen molar-refractivity contribution in [3.05, 3.63) is 90.5 Å². The molecule has 0 amide bonds. The Morgan fingerprint density at radius 1 is 0.759 bits per heavy atom. The molecule has 3 nitrogen and oxygen atoms in total. The van der Waals surface area contributed by atoms with Gasteiger partial charge in [0.05, 0.1) is 0 Å². The first-order valence-electron chi connectivity index (χ1n) is 9.76. The van der Waals surface area contributed by atoms with E-state index >= 15 is 0 Å². The number of rotatable bonds is 6. The molecule has 0 aliphatic heterocycles. The van der Waals surface area contributed by atoms with Crippen molar-refractivity contribution >= 4 is 30.0 Å². The second-order valence-electron chi connectivity index (χ2n) is 8.07. The van der Waals surface area contributed by atoms with Crippen LogP contribution >= 0.6 is 7.92 Å². The van der Waals surface area contributed by atoms with Gasteiger partial charge in [-0.05, 0) is 29.3 Å². The fourth-order valence-electron chi connectivity index (χ4n) is 3.29. The third-order valence-corrected chi connectivity index (χ3v) is 7.27. The summed E-state index contributed by atoms with van der Waals surface area (Å²) >= 11 is 0. The largest absolute Gasteiger partial charge is 0.366 e. The van der Waals surface area contributed by atoms with Crippen LogP contribution in [-0.2, 0) is 0 Å². The van der Waals surface area contributed by atoms with Crippen molar-refractivity contribution in [3.8, 4) is 0 Å². The van der Waals surface area contributed by atoms with Crippen molar-refractivity contribution in [2.75, 3.05) is 0 Å². The van der Waals surface area contributed by atoms with Gasteiger partial charge in [-0.3, -0.25) is 4.99 Å². The highest BCUT2D eigenvalue weighted by Gasteiger charge is 2.29. The van der Waals surface area contributed by atoms with Gasteiger partial charge in [-0.2, -0.15) is 0 Å². The second-order valence-corrected chi connectivity index (χ2v) is 10.3. The highest BCUT2D eigenvalue weighted by molar-refractivity contribution is 7.80. The molecule has 3 aromatic carbocycles. The van der Waals surface area contributed by atoms with Gasteiger partial charge in [-0.1, -0.05) is 106 Å². The Kier molecular flexibility index (Phi) is 6.97. The van der Waals surface area contributed by atoms with E-state index in [9.17, 15) is 10.2 Å². The molecule has 0 fully saturated rings. The summed E-state index contributed by atoms with van der Waals surface area (Å²) in [7, 11) is -0.757. The predicted molar refractivity (Wildman–Crippen MR) is 124 cm³/mol. The first-order chi connectivity index (χ1) is 13.9. The molecule has 0 saturated carbocycles. The Balaban J connectivity index is 2.09. The van der Waals surface area contributed by atoms with Crippen LogP contribution in [0.3, 0.4) is 0 Å². The normalized spacial score (nSPS) is 13.3. The molecule has 3 aromatic rings. The molecule has 3 rings (SSSR count). The number of hydrogen-bond donors (Lipinski definition) is 2. The van der Waals surface area contributed by atoms with Crippen LogP contribution in [0.5, 0.6) is 0 Å². The van der Waals surface area contributed by atoms with Crippen molar-refractivity contribution < 1.29 is 10.2 Å². The lowest BCUT2D eigenvalue weighted by atomic mass is 9.87. The highest BCUT2D eigenvalue weighted by Crippen LogP contribution is 2.34. The summed E-state index contributed by atoms with van der Waals surface area (Å²) in [5.41, 5.74) is 0.643. The molecule has 0 heterocycles. The number of benzene rings is 3. The Morgan fingerprint density at radius 2 is 1.24 bits per heavy atom. The van der Waals surface area contributed by atoms with Gasteiger partial charge in [-0.25, -0.2) is 0 Å². The maximum absolute atomic E-state index is 9.81. The Morgan fingerprint density at radius 3 is 1.72 bits per heavy atom. The molecular weight excluding hydrogens is 377 g/mol. The van der Waals surface area contributed by atoms with Gasteiger partial charge in [0, 0.05) is 11.8 Å². The van der Waals surface area contributed by atoms with Crippen LogP contribution in [0.15, 0.2) is 89.9 Å². The van der Waals surface area contributed by atoms with E-state index in [2.05, 4.69) is 65.7 Å². The van der Waals surface area contributed by atoms with Crippen LogP contribution in [-0.4, -0.2) is 28.8 Å². The number of hydrogen-bond acceptors (Lipinski definition) is 3. The summed E-state index contributed by atoms with van der Waals surface area (Å²) in [5, 5.41) is 23.3. The monoisotopic (exact) mass is 405 g/mol. The first-order valence-corrected chi connectivity index (χ1v) is 11.1. The van der Waals surface area contributed by atoms with Crippen LogP contribution in [0.25, 0.3) is 0 Å². The van der Waals surface area contributed by atoms with E-state index in [1.807, 2.05) is 45.0 Å². The van der Waals surface area contributed by atoms with Gasteiger partial charge >= 0.3 is 0 Å². The molecule has 0 aliphatic rings. The maximum atomic E-state index is 9.81. The fraction of sp³-hybridized carbons (Fsp3) is 0.240. The molecule has 150 valence electrons. The summed E-state index contributed by atoms with van der Waals surface area (Å²) in [6.45, 7) is 5.88. The molecule has 0 radical (unpaired) electrons. The first kappa shape index (κ1) is 21.4. The minimum Gasteiger partial charge on any atom is -0.366 e. The number of aliphatic hydroxyl groups excluding tert-OH is 1. The molecule has 0 unspecified atom stereocenters. The van der Waals surface area contributed by atoms with Gasteiger partial charge in [0.1, 0.15) is 6.04 Å². The van der Waals surface area contributed by atoms with Gasteiger partial charge in [0.2, 0.25) is 0 Å². The lowest BCUT2D eigenvalue weighted by Gasteiger charge is -2.28. The Hall–Kier alpha value is -2.32. The van der Waals surface area contributed by atoms with Crippen LogP contribution in [0.1, 0.15) is 26.3 Å². The van der Waals surface area contributed by atoms with Crippen LogP contribution in [0.2, 0.25) is 0 Å². The van der Waals surface area contributed by atoms with Gasteiger partial charge in [-0.15, -0.1) is 0 Å². The highest BCUT2D eigenvalue weighted by atomic mass is 31.1. The van der Waals surface area contributed by atoms with Crippen LogP contribution in [0, 0.1) is 5.41 Å². The number of aliphatic hydroxyl groups is 2. The van der Waals surface area contributed by atoms with Crippen molar-refractivity contribution in [1.82, 2.24) is 0 Å². The van der Waals surface area contributed by atoms with Gasteiger partial charge in [0.15, 0.2) is 6.29 Å². The van der Waals surface area contributed by atoms with Crippen molar-refractivity contribution in [3.63, 3.8) is 0 Å². The standard InChI is InChI=1S/C25H28NO2P/c1-25(2,3)23(24(27)28)26-18-19-12-10-11-17-22(19)29(20-13-6-4-7-14-20)21-15-8-5-9-16-21/h4-18,23-24,27-28H,1-3H3/t23-/m1/s1. The minimum absolute atomic E-state index is 0.358. The van der Waals surface area contributed by atoms with E-state index in [1.54, 1.807) is 6.21 Å². The Bertz CT molecular complexity index is 894. The molecule has 0 saturated heterocycles. The summed E-state index contributed by atoms with van der Waals surface area (Å²) in [4.78, 5) is 4.58. The smallest absolute Gasteiger partial charge is 0.174 e. The summed E-state index contributed by atoms with van der Waals surface area (Å²) in [6, 6.07) is 28.7. The van der Waals surface area contributed by atoms with Crippen molar-refractivity contribution in [1.29, 1.82) is 0 Å². The molecule has 29 heavy (non-hydrogen) atoms. The third-order valence-electron chi connectivity index (χ3n) is 4.75. The predicted octanol–water partition coefficient (Wildman–Crippen LogP) is 3.59. The molecule has 0 aromatic heterocycles. The van der Waals surface area contributed by atoms with E-state index in [0.717, 1.165) is 5.56 Å². The Labute approximate surface area is 174 Å². The molecule has 4 heteroatoms. The fourth-order valence-corrected chi connectivity index (χ4v) is 5.71. The molecule has 2 N–H and O–H groups in total. The average Bonchev–Trinajstić information content (AvgIpc) is 2.70. The quantitative estimate of drug-likeness (QED) is 0.374. The van der Waals surface area contributed by atoms with Crippen molar-refractivity contribution in [2.45, 2.75) is 33.1 Å². The minimum atomic E-state index is -1.50. The molecule has 1 atom stereocenters. The zero-order chi connectivity index (χ0) is 20.9. The SMILES string of the molecule is CC(C)(C)[C@H](N=Cc1ccccc1P(c1ccccc1)c1ccccc1)C(O)O. The lowest BCUT2D eigenvalue weighted by Crippen LogP contribution is -2.36. The van der Waals surface area contributed by atoms with E-state index in [-0.39, 0.29) is 5.41 Å². The molecule has 0 spiro atoms. The number of aliphatic imine (C=N–C) groups is 1. The summed E-state index contributed by atoms with van der Waals surface area (Å²) in [5.74, 6) is 0. The zero-order valence-corrected chi connectivity index (χ0v) is 18.0. The van der Waals surface area contributed by atoms with E-state index in [4.69, 9.17) is 0 Å². The molecule has 0 bridgehead atoms. The lowest BCUT2D eigenvalue weighted by molar-refractivity contribution is -0.0801. The summed E-state index contributed by atoms with van der Waals surface area (Å²) < 4.78 is 0. The van der Waals surface area contributed by atoms with Gasteiger partial charge < -0.3 is 10.2 Å². The summed E-state index contributed by atoms with van der Waals surface area (Å²) in [6.07, 6.45) is 0.300. The topological polar surface area (TPSA) is 52.8 Å². The van der Waals surface area contributed by atoms with Crippen LogP contribution in [0.4, 0.5) is 0 Å². The van der Waals surface area contributed by atoms with E-state index in [0.29, 0.717) is 0 Å². The molecule has 0 aliphatic carbocycles. The molecular formula is C25H28NO2P. The second kappa shape index (κ2) is 9.45. The van der Waals surface area contributed by atoms with E-state index < -0.39 is 20.3 Å². The van der Waals surface area contributed by atoms with Crippen LogP contribution < -0.4 is 15.9 Å². The van der Waals surface area contributed by atoms with E-state index in [1.165, 1.54) is 15.9 Å². The third kappa shape index (κ3) is 5.39. The average molecular weight is 405 g/mol. The zero-order valence-electron chi connectivity index (χ0n) is 17.1. The number of nitrogens with zero attached hydrogens (tertiary/aromatic N) is 1.